The quantitative estimate of drug-likeness (QED) is 0.833. The SMILES string of the molecule is CC[C@H](Cn1ccnc1)NC(=O)c1cccc(=O)[nH]1. The van der Waals surface area contributed by atoms with Crippen LogP contribution in [0.5, 0.6) is 0 Å². The Balaban J connectivity index is 2.02. The van der Waals surface area contributed by atoms with Crippen molar-refractivity contribution in [3.63, 3.8) is 0 Å². The van der Waals surface area contributed by atoms with E-state index in [1.54, 1.807) is 24.7 Å². The van der Waals surface area contributed by atoms with Gasteiger partial charge in [-0.2, -0.15) is 0 Å². The summed E-state index contributed by atoms with van der Waals surface area (Å²) in [4.78, 5) is 29.6. The number of nitrogens with one attached hydrogen (secondary N) is 2. The van der Waals surface area contributed by atoms with Gasteiger partial charge in [-0.15, -0.1) is 0 Å². The van der Waals surface area contributed by atoms with Crippen LogP contribution in [0.3, 0.4) is 0 Å². The van der Waals surface area contributed by atoms with Crippen molar-refractivity contribution in [1.29, 1.82) is 0 Å². The zero-order valence-electron chi connectivity index (χ0n) is 10.7. The Bertz CT molecular complexity index is 589. The highest BCUT2D eigenvalue weighted by molar-refractivity contribution is 5.92. The maximum Gasteiger partial charge on any atom is 0.268 e. The molecule has 1 atom stereocenters. The van der Waals surface area contributed by atoms with Crippen molar-refractivity contribution in [2.24, 2.45) is 0 Å². The standard InChI is InChI=1S/C13H16N4O2/c1-2-10(8-17-7-6-14-9-17)15-13(19)11-4-3-5-12(18)16-11/h3-7,9-10H,2,8H2,1H3,(H,15,19)(H,16,18)/t10-/m1/s1. The van der Waals surface area contributed by atoms with Crippen molar-refractivity contribution >= 4 is 5.91 Å². The maximum atomic E-state index is 12.0. The largest absolute Gasteiger partial charge is 0.346 e. The molecular weight excluding hydrogens is 244 g/mol. The first-order valence-electron chi connectivity index (χ1n) is 6.15. The highest BCUT2D eigenvalue weighted by atomic mass is 16.2. The lowest BCUT2D eigenvalue weighted by Crippen LogP contribution is -2.38. The summed E-state index contributed by atoms with van der Waals surface area (Å²) in [5, 5.41) is 2.89. The predicted octanol–water partition coefficient (Wildman–Crippen LogP) is 0.780. The fourth-order valence-electron chi connectivity index (χ4n) is 1.77. The number of hydrogen-bond donors (Lipinski definition) is 2. The number of nitrogens with zero attached hydrogens (tertiary/aromatic N) is 2. The van der Waals surface area contributed by atoms with Gasteiger partial charge in [-0.1, -0.05) is 13.0 Å². The number of carbonyl (C=O) groups excluding carboxylic acids is 1. The number of aromatic nitrogens is 3. The molecule has 0 unspecified atom stereocenters. The molecule has 100 valence electrons. The highest BCUT2D eigenvalue weighted by Crippen LogP contribution is 1.99. The second-order valence-electron chi connectivity index (χ2n) is 4.27. The topological polar surface area (TPSA) is 79.8 Å². The van der Waals surface area contributed by atoms with E-state index in [4.69, 9.17) is 0 Å². The Morgan fingerprint density at radius 3 is 3.00 bits per heavy atom. The third kappa shape index (κ3) is 3.54. The predicted molar refractivity (Wildman–Crippen MR) is 70.8 cm³/mol. The smallest absolute Gasteiger partial charge is 0.268 e. The van der Waals surface area contributed by atoms with Crippen LogP contribution in [0.1, 0.15) is 23.8 Å². The number of H-pyrrole nitrogens is 1. The van der Waals surface area contributed by atoms with Crippen molar-refractivity contribution in [2.45, 2.75) is 25.9 Å². The molecule has 0 aliphatic heterocycles. The van der Waals surface area contributed by atoms with Crippen LogP contribution in [0.4, 0.5) is 0 Å². The average molecular weight is 260 g/mol. The Morgan fingerprint density at radius 1 is 1.53 bits per heavy atom. The molecule has 0 aliphatic rings. The average Bonchev–Trinajstić information content (AvgIpc) is 2.90. The number of amides is 1. The highest BCUT2D eigenvalue weighted by Gasteiger charge is 2.13. The molecule has 0 radical (unpaired) electrons. The van der Waals surface area contributed by atoms with Crippen LogP contribution >= 0.6 is 0 Å². The number of aromatic amines is 1. The maximum absolute atomic E-state index is 12.0. The van der Waals surface area contributed by atoms with Crippen LogP contribution in [0.2, 0.25) is 0 Å². The number of rotatable bonds is 5. The molecule has 0 spiro atoms. The van der Waals surface area contributed by atoms with Gasteiger partial charge in [-0.25, -0.2) is 4.98 Å². The van der Waals surface area contributed by atoms with Gasteiger partial charge in [0.15, 0.2) is 0 Å². The molecule has 6 heteroatoms. The number of hydrogen-bond acceptors (Lipinski definition) is 3. The lowest BCUT2D eigenvalue weighted by atomic mass is 10.2. The molecule has 2 rings (SSSR count). The summed E-state index contributed by atoms with van der Waals surface area (Å²) in [6.07, 6.45) is 6.04. The van der Waals surface area contributed by atoms with Crippen molar-refractivity contribution in [1.82, 2.24) is 19.9 Å². The van der Waals surface area contributed by atoms with Crippen LogP contribution < -0.4 is 10.9 Å². The van der Waals surface area contributed by atoms with E-state index in [9.17, 15) is 9.59 Å². The van der Waals surface area contributed by atoms with Crippen LogP contribution in [-0.4, -0.2) is 26.5 Å². The van der Waals surface area contributed by atoms with Gasteiger partial charge >= 0.3 is 0 Å². The van der Waals surface area contributed by atoms with E-state index < -0.39 is 0 Å². The zero-order chi connectivity index (χ0) is 13.7. The van der Waals surface area contributed by atoms with E-state index >= 15 is 0 Å². The lowest BCUT2D eigenvalue weighted by molar-refractivity contribution is 0.0926. The minimum Gasteiger partial charge on any atom is -0.346 e. The van der Waals surface area contributed by atoms with E-state index in [0.29, 0.717) is 6.54 Å². The number of pyridine rings is 1. The van der Waals surface area contributed by atoms with Crippen molar-refractivity contribution < 1.29 is 4.79 Å². The van der Waals surface area contributed by atoms with Gasteiger partial charge in [-0.3, -0.25) is 9.59 Å². The minimum absolute atomic E-state index is 0.00888. The molecule has 2 aromatic heterocycles. The van der Waals surface area contributed by atoms with Crippen molar-refractivity contribution in [3.05, 3.63) is 53.0 Å². The Hall–Kier alpha value is -2.37. The first-order chi connectivity index (χ1) is 9.19. The van der Waals surface area contributed by atoms with Gasteiger partial charge in [0.05, 0.1) is 6.33 Å². The first kappa shape index (κ1) is 13.1. The number of imidazole rings is 1. The minimum atomic E-state index is -0.282. The van der Waals surface area contributed by atoms with E-state index in [-0.39, 0.29) is 23.2 Å². The molecule has 0 saturated heterocycles. The molecule has 6 nitrogen and oxygen atoms in total. The van der Waals surface area contributed by atoms with Gasteiger partial charge in [0, 0.05) is 31.0 Å². The van der Waals surface area contributed by atoms with Gasteiger partial charge in [-0.05, 0) is 12.5 Å². The zero-order valence-corrected chi connectivity index (χ0v) is 10.7. The fraction of sp³-hybridized carbons (Fsp3) is 0.308. The second kappa shape index (κ2) is 5.99. The summed E-state index contributed by atoms with van der Waals surface area (Å²) < 4.78 is 1.90. The van der Waals surface area contributed by atoms with Gasteiger partial charge < -0.3 is 14.9 Å². The molecule has 0 aromatic carbocycles. The Labute approximate surface area is 110 Å². The fourth-order valence-corrected chi connectivity index (χ4v) is 1.77. The van der Waals surface area contributed by atoms with Crippen molar-refractivity contribution in [3.8, 4) is 0 Å². The molecule has 1 amide bonds. The van der Waals surface area contributed by atoms with E-state index in [1.807, 2.05) is 17.7 Å². The van der Waals surface area contributed by atoms with Crippen LogP contribution in [0.15, 0.2) is 41.7 Å². The molecule has 2 N–H and O–H groups in total. The summed E-state index contributed by atoms with van der Waals surface area (Å²) in [6.45, 7) is 2.65. The third-order valence-electron chi connectivity index (χ3n) is 2.83. The summed E-state index contributed by atoms with van der Waals surface area (Å²) in [5.41, 5.74) is -0.00751. The second-order valence-corrected chi connectivity index (χ2v) is 4.27. The molecule has 2 heterocycles. The van der Waals surface area contributed by atoms with E-state index in [0.717, 1.165) is 6.42 Å². The molecule has 0 fully saturated rings. The Kier molecular flexibility index (Phi) is 4.12. The summed E-state index contributed by atoms with van der Waals surface area (Å²) in [5.74, 6) is -0.273. The monoisotopic (exact) mass is 260 g/mol. The first-order valence-corrected chi connectivity index (χ1v) is 6.15. The van der Waals surface area contributed by atoms with E-state index in [2.05, 4.69) is 15.3 Å². The van der Waals surface area contributed by atoms with Crippen LogP contribution in [0.25, 0.3) is 0 Å². The third-order valence-corrected chi connectivity index (χ3v) is 2.83. The molecule has 2 aromatic rings. The summed E-state index contributed by atoms with van der Waals surface area (Å²) in [7, 11) is 0. The lowest BCUT2D eigenvalue weighted by Gasteiger charge is -2.17. The number of carbonyl (C=O) groups is 1. The van der Waals surface area contributed by atoms with Crippen LogP contribution in [-0.2, 0) is 6.54 Å². The normalized spacial score (nSPS) is 12.1. The molecule has 19 heavy (non-hydrogen) atoms. The molecular formula is C13H16N4O2. The molecule has 0 aliphatic carbocycles. The van der Waals surface area contributed by atoms with Crippen LogP contribution in [0, 0.1) is 0 Å². The molecule has 0 saturated carbocycles. The van der Waals surface area contributed by atoms with E-state index in [1.165, 1.54) is 6.07 Å². The van der Waals surface area contributed by atoms with Gasteiger partial charge in [0.2, 0.25) is 5.56 Å². The van der Waals surface area contributed by atoms with Gasteiger partial charge in [0.1, 0.15) is 5.69 Å². The van der Waals surface area contributed by atoms with Crippen molar-refractivity contribution in [2.75, 3.05) is 0 Å². The Morgan fingerprint density at radius 2 is 2.37 bits per heavy atom. The summed E-state index contributed by atoms with van der Waals surface area (Å²) in [6, 6.07) is 4.51. The summed E-state index contributed by atoms with van der Waals surface area (Å²) >= 11 is 0. The van der Waals surface area contributed by atoms with Gasteiger partial charge in [0.25, 0.3) is 5.91 Å². The molecule has 0 bridgehead atoms.